The van der Waals surface area contributed by atoms with Gasteiger partial charge in [-0.2, -0.15) is 0 Å². The summed E-state index contributed by atoms with van der Waals surface area (Å²) in [6, 6.07) is -0.474. The fourth-order valence-corrected chi connectivity index (χ4v) is 1.85. The van der Waals surface area contributed by atoms with E-state index >= 15 is 0 Å². The Hall–Kier alpha value is -1.89. The molecule has 1 aliphatic heterocycles. The van der Waals surface area contributed by atoms with Gasteiger partial charge in [-0.15, -0.1) is 0 Å². The van der Waals surface area contributed by atoms with Gasteiger partial charge in [0.25, 0.3) is 5.56 Å². The van der Waals surface area contributed by atoms with Gasteiger partial charge in [-0.1, -0.05) is 0 Å². The largest absolute Gasteiger partial charge is 0.481 e. The topological polar surface area (TPSA) is 93.4 Å². The van der Waals surface area contributed by atoms with Crippen LogP contribution in [0.4, 0.5) is 5.82 Å². The first-order valence-electron chi connectivity index (χ1n) is 5.54. The van der Waals surface area contributed by atoms with Gasteiger partial charge in [-0.3, -0.25) is 9.59 Å². The fourth-order valence-electron chi connectivity index (χ4n) is 1.85. The van der Waals surface area contributed by atoms with Crippen molar-refractivity contribution in [3.63, 3.8) is 0 Å². The third-order valence-electron chi connectivity index (χ3n) is 3.27. The molecule has 7 heteroatoms. The molecule has 2 rings (SSSR count). The van der Waals surface area contributed by atoms with Gasteiger partial charge >= 0.3 is 5.97 Å². The van der Waals surface area contributed by atoms with Crippen molar-refractivity contribution >= 4 is 11.8 Å². The molecule has 98 valence electrons. The molecule has 0 radical (unpaired) electrons. The van der Waals surface area contributed by atoms with Gasteiger partial charge in [-0.25, -0.2) is 4.98 Å². The highest BCUT2D eigenvalue weighted by molar-refractivity contribution is 5.76. The summed E-state index contributed by atoms with van der Waals surface area (Å²) in [7, 11) is 1.61. The first-order valence-corrected chi connectivity index (χ1v) is 5.54. The normalized spacial score (nSPS) is 27.1. The second kappa shape index (κ2) is 4.41. The van der Waals surface area contributed by atoms with Crippen molar-refractivity contribution in [2.75, 3.05) is 18.5 Å². The van der Waals surface area contributed by atoms with Crippen LogP contribution in [0.5, 0.6) is 0 Å². The SMILES string of the molecule is Cn1ccnc(NC2COCC2(C)C(=O)O)c1=O. The lowest BCUT2D eigenvalue weighted by atomic mass is 9.85. The first-order chi connectivity index (χ1) is 8.45. The quantitative estimate of drug-likeness (QED) is 0.767. The number of rotatable bonds is 3. The number of anilines is 1. The molecule has 2 N–H and O–H groups in total. The monoisotopic (exact) mass is 253 g/mol. The summed E-state index contributed by atoms with van der Waals surface area (Å²) in [6.45, 7) is 1.95. The molecule has 0 saturated carbocycles. The zero-order chi connectivity index (χ0) is 13.3. The number of carboxylic acid groups (broad SMARTS) is 1. The maximum absolute atomic E-state index is 11.8. The van der Waals surface area contributed by atoms with Crippen LogP contribution < -0.4 is 10.9 Å². The van der Waals surface area contributed by atoms with E-state index in [4.69, 9.17) is 4.74 Å². The van der Waals surface area contributed by atoms with E-state index in [-0.39, 0.29) is 24.6 Å². The summed E-state index contributed by atoms with van der Waals surface area (Å²) in [4.78, 5) is 27.0. The molecule has 0 aromatic carbocycles. The van der Waals surface area contributed by atoms with E-state index in [2.05, 4.69) is 10.3 Å². The molecule has 0 amide bonds. The zero-order valence-corrected chi connectivity index (χ0v) is 10.2. The van der Waals surface area contributed by atoms with E-state index in [1.807, 2.05) is 0 Å². The predicted molar refractivity (Wildman–Crippen MR) is 63.5 cm³/mol. The summed E-state index contributed by atoms with van der Waals surface area (Å²) in [5, 5.41) is 12.1. The minimum absolute atomic E-state index is 0.118. The van der Waals surface area contributed by atoms with Crippen LogP contribution in [-0.4, -0.2) is 39.9 Å². The van der Waals surface area contributed by atoms with Crippen molar-refractivity contribution < 1.29 is 14.6 Å². The molecule has 2 unspecified atom stereocenters. The Morgan fingerprint density at radius 2 is 2.44 bits per heavy atom. The van der Waals surface area contributed by atoms with Crippen molar-refractivity contribution in [3.8, 4) is 0 Å². The average molecular weight is 253 g/mol. The van der Waals surface area contributed by atoms with E-state index in [0.717, 1.165) is 0 Å². The summed E-state index contributed by atoms with van der Waals surface area (Å²) >= 11 is 0. The van der Waals surface area contributed by atoms with Gasteiger partial charge in [0.05, 0.1) is 19.3 Å². The molecule has 2 heterocycles. The Bertz CT molecular complexity index is 527. The third kappa shape index (κ3) is 1.97. The van der Waals surface area contributed by atoms with Crippen LogP contribution in [0, 0.1) is 5.41 Å². The van der Waals surface area contributed by atoms with E-state index in [1.165, 1.54) is 17.0 Å². The number of aryl methyl sites for hydroxylation is 1. The van der Waals surface area contributed by atoms with Crippen LogP contribution in [-0.2, 0) is 16.6 Å². The molecular weight excluding hydrogens is 238 g/mol. The highest BCUT2D eigenvalue weighted by Gasteiger charge is 2.47. The first kappa shape index (κ1) is 12.6. The number of carbonyl (C=O) groups is 1. The number of hydrogen-bond acceptors (Lipinski definition) is 5. The fraction of sp³-hybridized carbons (Fsp3) is 0.545. The van der Waals surface area contributed by atoms with Gasteiger partial charge in [0.15, 0.2) is 5.82 Å². The van der Waals surface area contributed by atoms with Gasteiger partial charge in [-0.05, 0) is 6.92 Å². The number of aromatic nitrogens is 2. The van der Waals surface area contributed by atoms with Crippen molar-refractivity contribution in [3.05, 3.63) is 22.7 Å². The number of aliphatic carboxylic acids is 1. The standard InChI is InChI=1S/C11H15N3O4/c1-11(10(16)17)6-18-5-7(11)13-8-9(15)14(2)4-3-12-8/h3-4,7H,5-6H2,1-2H3,(H,12,13)(H,16,17). The number of ether oxygens (including phenoxy) is 1. The number of nitrogens with one attached hydrogen (secondary N) is 1. The number of nitrogens with zero attached hydrogens (tertiary/aromatic N) is 2. The highest BCUT2D eigenvalue weighted by atomic mass is 16.5. The summed E-state index contributed by atoms with van der Waals surface area (Å²) in [6.07, 6.45) is 3.02. The van der Waals surface area contributed by atoms with Crippen molar-refractivity contribution in [1.82, 2.24) is 9.55 Å². The van der Waals surface area contributed by atoms with Crippen LogP contribution in [0.15, 0.2) is 17.2 Å². The molecule has 2 atom stereocenters. The van der Waals surface area contributed by atoms with Crippen LogP contribution in [0.25, 0.3) is 0 Å². The minimum Gasteiger partial charge on any atom is -0.481 e. The Morgan fingerprint density at radius 3 is 3.11 bits per heavy atom. The summed E-state index contributed by atoms with van der Waals surface area (Å²) in [5.41, 5.74) is -1.35. The third-order valence-corrected chi connectivity index (χ3v) is 3.27. The molecule has 0 spiro atoms. The Kier molecular flexibility index (Phi) is 3.08. The summed E-state index contributed by atoms with van der Waals surface area (Å²) in [5.74, 6) is -0.812. The Morgan fingerprint density at radius 1 is 1.72 bits per heavy atom. The molecule has 1 aromatic rings. The average Bonchev–Trinajstić information content (AvgIpc) is 2.68. The van der Waals surface area contributed by atoms with Crippen LogP contribution in [0.1, 0.15) is 6.92 Å². The van der Waals surface area contributed by atoms with E-state index < -0.39 is 17.4 Å². The molecule has 0 aliphatic carbocycles. The minimum atomic E-state index is -1.05. The lowest BCUT2D eigenvalue weighted by Crippen LogP contribution is -2.44. The van der Waals surface area contributed by atoms with Crippen LogP contribution >= 0.6 is 0 Å². The highest BCUT2D eigenvalue weighted by Crippen LogP contribution is 2.30. The van der Waals surface area contributed by atoms with E-state index in [0.29, 0.717) is 0 Å². The van der Waals surface area contributed by atoms with E-state index in [9.17, 15) is 14.7 Å². The smallest absolute Gasteiger partial charge is 0.313 e. The number of hydrogen-bond donors (Lipinski definition) is 2. The lowest BCUT2D eigenvalue weighted by molar-refractivity contribution is -0.148. The predicted octanol–water partition coefficient (Wildman–Crippen LogP) is -0.318. The molecule has 0 bridgehead atoms. The van der Waals surface area contributed by atoms with Gasteiger partial charge < -0.3 is 19.7 Å². The van der Waals surface area contributed by atoms with Gasteiger partial charge in [0, 0.05) is 19.4 Å². The maximum atomic E-state index is 11.8. The maximum Gasteiger partial charge on any atom is 0.313 e. The Balaban J connectivity index is 2.26. The second-order valence-corrected chi connectivity index (χ2v) is 4.63. The summed E-state index contributed by atoms with van der Waals surface area (Å²) < 4.78 is 6.57. The molecule has 1 aliphatic rings. The van der Waals surface area contributed by atoms with Gasteiger partial charge in [0.1, 0.15) is 5.41 Å². The van der Waals surface area contributed by atoms with Crippen molar-refractivity contribution in [2.45, 2.75) is 13.0 Å². The molecule has 7 nitrogen and oxygen atoms in total. The molecular formula is C11H15N3O4. The molecule has 1 saturated heterocycles. The number of carboxylic acids is 1. The van der Waals surface area contributed by atoms with E-state index in [1.54, 1.807) is 14.0 Å². The Labute approximate surface area is 103 Å². The lowest BCUT2D eigenvalue weighted by Gasteiger charge is -2.25. The van der Waals surface area contributed by atoms with Gasteiger partial charge in [0.2, 0.25) is 0 Å². The van der Waals surface area contributed by atoms with Crippen LogP contribution in [0.2, 0.25) is 0 Å². The van der Waals surface area contributed by atoms with Crippen molar-refractivity contribution in [1.29, 1.82) is 0 Å². The molecule has 1 fully saturated rings. The van der Waals surface area contributed by atoms with Crippen molar-refractivity contribution in [2.24, 2.45) is 12.5 Å². The zero-order valence-electron chi connectivity index (χ0n) is 10.2. The molecule has 18 heavy (non-hydrogen) atoms. The second-order valence-electron chi connectivity index (χ2n) is 4.63. The van der Waals surface area contributed by atoms with Crippen LogP contribution in [0.3, 0.4) is 0 Å². The molecule has 1 aromatic heterocycles.